The third-order valence-corrected chi connectivity index (χ3v) is 7.23. The molecule has 0 amide bonds. The Kier molecular flexibility index (Phi) is 4.76. The largest absolute Gasteiger partial charge is 0.472 e. The third kappa shape index (κ3) is 3.55. The van der Waals surface area contributed by atoms with Crippen LogP contribution in [0.1, 0.15) is 0 Å². The first kappa shape index (κ1) is 21.6. The zero-order chi connectivity index (χ0) is 25.8. The normalized spacial score (nSPS) is 11.6. The average Bonchev–Trinajstić information content (AvgIpc) is 3.75. The second kappa shape index (κ2) is 8.57. The van der Waals surface area contributed by atoms with Gasteiger partial charge >= 0.3 is 0 Å². The van der Waals surface area contributed by atoms with E-state index in [2.05, 4.69) is 82.3 Å². The van der Waals surface area contributed by atoms with Crippen molar-refractivity contribution in [2.24, 2.45) is 0 Å². The van der Waals surface area contributed by atoms with Crippen LogP contribution in [-0.4, -0.2) is 14.5 Å². The maximum Gasteiger partial charge on any atom is 0.227 e. The molecule has 8 rings (SSSR count). The van der Waals surface area contributed by atoms with E-state index in [-0.39, 0.29) is 0 Å². The Morgan fingerprint density at radius 2 is 1.51 bits per heavy atom. The van der Waals surface area contributed by atoms with E-state index < -0.39 is 0 Å². The molecule has 4 aromatic carbocycles. The van der Waals surface area contributed by atoms with Gasteiger partial charge in [-0.2, -0.15) is 0 Å². The molecule has 184 valence electrons. The van der Waals surface area contributed by atoms with E-state index in [1.165, 1.54) is 10.8 Å². The molecular weight excluding hydrogens is 482 g/mol. The fraction of sp³-hybridized carbons (Fsp3) is 0. The van der Waals surface area contributed by atoms with Gasteiger partial charge in [0.2, 0.25) is 5.89 Å². The van der Waals surface area contributed by atoms with Crippen molar-refractivity contribution in [3.63, 3.8) is 0 Å². The first-order valence-electron chi connectivity index (χ1n) is 12.8. The Morgan fingerprint density at radius 3 is 2.44 bits per heavy atom. The van der Waals surface area contributed by atoms with E-state index >= 15 is 0 Å². The van der Waals surface area contributed by atoms with Gasteiger partial charge in [-0.15, -0.1) is 0 Å². The molecule has 0 radical (unpaired) electrons. The van der Waals surface area contributed by atoms with Crippen LogP contribution in [0.15, 0.2) is 137 Å². The summed E-state index contributed by atoms with van der Waals surface area (Å²) in [5.41, 5.74) is 9.91. The summed E-state index contributed by atoms with van der Waals surface area (Å²) in [4.78, 5) is 9.42. The number of pyridine rings is 1. The molecule has 4 aromatic heterocycles. The SMILES string of the molecule is c1cc(-c2cc(-c3ccoc3)ccn2)cc(-n2c3ccccc3c3ccc(-c4nc5ccccc5o4)cc32)c1. The van der Waals surface area contributed by atoms with E-state index in [4.69, 9.17) is 13.8 Å². The Labute approximate surface area is 223 Å². The van der Waals surface area contributed by atoms with Crippen LogP contribution in [0.3, 0.4) is 0 Å². The smallest absolute Gasteiger partial charge is 0.227 e. The van der Waals surface area contributed by atoms with Gasteiger partial charge in [0.1, 0.15) is 5.52 Å². The number of aromatic nitrogens is 3. The number of hydrogen-bond acceptors (Lipinski definition) is 4. The van der Waals surface area contributed by atoms with Crippen molar-refractivity contribution in [2.45, 2.75) is 0 Å². The molecule has 0 aliphatic carbocycles. The number of oxazole rings is 1. The first-order valence-corrected chi connectivity index (χ1v) is 12.8. The predicted octanol–water partition coefficient (Wildman–Crippen LogP) is 8.91. The molecule has 0 aliphatic rings. The van der Waals surface area contributed by atoms with Gasteiger partial charge in [-0.1, -0.05) is 48.5 Å². The first-order chi connectivity index (χ1) is 19.3. The topological polar surface area (TPSA) is 57.0 Å². The fourth-order valence-corrected chi connectivity index (χ4v) is 5.38. The molecule has 4 heterocycles. The zero-order valence-corrected chi connectivity index (χ0v) is 20.8. The van der Waals surface area contributed by atoms with Gasteiger partial charge in [0.15, 0.2) is 5.58 Å². The molecule has 0 spiro atoms. The minimum absolute atomic E-state index is 0.615. The second-order valence-corrected chi connectivity index (χ2v) is 9.56. The number of hydrogen-bond donors (Lipinski definition) is 0. The van der Waals surface area contributed by atoms with Crippen molar-refractivity contribution >= 4 is 32.9 Å². The fourth-order valence-electron chi connectivity index (χ4n) is 5.38. The monoisotopic (exact) mass is 503 g/mol. The Balaban J connectivity index is 1.31. The Bertz CT molecular complexity index is 2100. The van der Waals surface area contributed by atoms with Crippen molar-refractivity contribution in [3.8, 4) is 39.5 Å². The maximum absolute atomic E-state index is 6.11. The molecule has 0 unspecified atom stereocenters. The van der Waals surface area contributed by atoms with Crippen LogP contribution >= 0.6 is 0 Å². The van der Waals surface area contributed by atoms with Crippen LogP contribution in [0.4, 0.5) is 0 Å². The summed E-state index contributed by atoms with van der Waals surface area (Å²) in [7, 11) is 0. The molecule has 8 aromatic rings. The minimum Gasteiger partial charge on any atom is -0.472 e. The van der Waals surface area contributed by atoms with Crippen molar-refractivity contribution in [1.82, 2.24) is 14.5 Å². The lowest BCUT2D eigenvalue weighted by molar-refractivity contribution is 0.568. The number of furan rings is 1. The summed E-state index contributed by atoms with van der Waals surface area (Å²) in [5.74, 6) is 0.615. The zero-order valence-electron chi connectivity index (χ0n) is 20.8. The highest BCUT2D eigenvalue weighted by Crippen LogP contribution is 2.36. The van der Waals surface area contributed by atoms with Gasteiger partial charge in [0.25, 0.3) is 0 Å². The number of para-hydroxylation sites is 3. The lowest BCUT2D eigenvalue weighted by atomic mass is 10.1. The van der Waals surface area contributed by atoms with Crippen LogP contribution in [0.5, 0.6) is 0 Å². The third-order valence-electron chi connectivity index (χ3n) is 7.23. The summed E-state index contributed by atoms with van der Waals surface area (Å²) in [6, 6.07) is 37.4. The van der Waals surface area contributed by atoms with Crippen LogP contribution in [0.2, 0.25) is 0 Å². The maximum atomic E-state index is 6.11. The summed E-state index contributed by atoms with van der Waals surface area (Å²) < 4.78 is 13.7. The van der Waals surface area contributed by atoms with Crippen LogP contribution in [0, 0.1) is 0 Å². The quantitative estimate of drug-likeness (QED) is 0.241. The molecule has 0 saturated carbocycles. The lowest BCUT2D eigenvalue weighted by Crippen LogP contribution is -1.95. The molecule has 0 aliphatic heterocycles. The molecule has 5 heteroatoms. The van der Waals surface area contributed by atoms with Crippen molar-refractivity contribution < 1.29 is 8.83 Å². The molecular formula is C34H21N3O2. The van der Waals surface area contributed by atoms with E-state index in [1.807, 2.05) is 42.6 Å². The standard InChI is InChI=1S/C34H21N3O2/c1-3-10-31-27(8-1)28-13-12-24(34-36-29-9-2-4-11-33(29)39-34)20-32(28)37(31)26-7-5-6-23(18-26)30-19-22(14-16-35-30)25-15-17-38-21-25/h1-21H. The molecule has 0 fully saturated rings. The van der Waals surface area contributed by atoms with Crippen LogP contribution in [0.25, 0.3) is 72.4 Å². The van der Waals surface area contributed by atoms with E-state index in [0.29, 0.717) is 5.89 Å². The molecule has 0 saturated heterocycles. The average molecular weight is 504 g/mol. The van der Waals surface area contributed by atoms with Gasteiger partial charge in [-0.05, 0) is 66.2 Å². The highest BCUT2D eigenvalue weighted by atomic mass is 16.3. The van der Waals surface area contributed by atoms with Gasteiger partial charge in [-0.3, -0.25) is 4.98 Å². The highest BCUT2D eigenvalue weighted by Gasteiger charge is 2.16. The Morgan fingerprint density at radius 1 is 0.615 bits per heavy atom. The van der Waals surface area contributed by atoms with Crippen LogP contribution in [-0.2, 0) is 0 Å². The van der Waals surface area contributed by atoms with E-state index in [9.17, 15) is 0 Å². The number of nitrogens with zero attached hydrogens (tertiary/aromatic N) is 3. The number of fused-ring (bicyclic) bond motifs is 4. The molecule has 0 bridgehead atoms. The summed E-state index contributed by atoms with van der Waals surface area (Å²) in [6.45, 7) is 0. The molecule has 0 atom stereocenters. The predicted molar refractivity (Wildman–Crippen MR) is 155 cm³/mol. The number of rotatable bonds is 4. The Hall–Kier alpha value is -5.42. The van der Waals surface area contributed by atoms with Crippen molar-refractivity contribution in [2.75, 3.05) is 0 Å². The van der Waals surface area contributed by atoms with E-state index in [1.54, 1.807) is 12.5 Å². The molecule has 39 heavy (non-hydrogen) atoms. The summed E-state index contributed by atoms with van der Waals surface area (Å²) >= 11 is 0. The van der Waals surface area contributed by atoms with Gasteiger partial charge in [0, 0.05) is 39.3 Å². The highest BCUT2D eigenvalue weighted by molar-refractivity contribution is 6.10. The van der Waals surface area contributed by atoms with Crippen molar-refractivity contribution in [1.29, 1.82) is 0 Å². The van der Waals surface area contributed by atoms with Gasteiger partial charge in [-0.25, -0.2) is 4.98 Å². The van der Waals surface area contributed by atoms with Crippen molar-refractivity contribution in [3.05, 3.63) is 128 Å². The lowest BCUT2D eigenvalue weighted by Gasteiger charge is -2.11. The summed E-state index contributed by atoms with van der Waals surface area (Å²) in [6.07, 6.45) is 5.28. The van der Waals surface area contributed by atoms with E-state index in [0.717, 1.165) is 55.8 Å². The summed E-state index contributed by atoms with van der Waals surface area (Å²) in [5, 5.41) is 2.37. The van der Waals surface area contributed by atoms with Gasteiger partial charge < -0.3 is 13.4 Å². The second-order valence-electron chi connectivity index (χ2n) is 9.56. The molecule has 0 N–H and O–H groups in total. The minimum atomic E-state index is 0.615. The molecule has 5 nitrogen and oxygen atoms in total. The number of benzene rings is 4. The van der Waals surface area contributed by atoms with Crippen LogP contribution < -0.4 is 0 Å². The van der Waals surface area contributed by atoms with Gasteiger partial charge in [0.05, 0.1) is 29.3 Å².